The predicted molar refractivity (Wildman–Crippen MR) is 77.6 cm³/mol. The molecule has 108 valence electrons. The van der Waals surface area contributed by atoms with Crippen molar-refractivity contribution in [3.8, 4) is 6.07 Å². The Labute approximate surface area is 120 Å². The van der Waals surface area contributed by atoms with Crippen LogP contribution in [0.2, 0.25) is 0 Å². The Balaban J connectivity index is 2.59. The van der Waals surface area contributed by atoms with E-state index in [0.717, 1.165) is 12.0 Å². The van der Waals surface area contributed by atoms with E-state index < -0.39 is 0 Å². The van der Waals surface area contributed by atoms with Crippen molar-refractivity contribution in [2.24, 2.45) is 0 Å². The average molecular weight is 274 g/mol. The van der Waals surface area contributed by atoms with Gasteiger partial charge in [-0.1, -0.05) is 13.0 Å². The zero-order valence-corrected chi connectivity index (χ0v) is 12.2. The number of nitriles is 1. The van der Waals surface area contributed by atoms with E-state index in [0.29, 0.717) is 32.1 Å². The first-order valence-electron chi connectivity index (χ1n) is 6.94. The van der Waals surface area contributed by atoms with E-state index in [1.165, 1.54) is 0 Å². The summed E-state index contributed by atoms with van der Waals surface area (Å²) in [6.45, 7) is 5.38. The number of amides is 1. The van der Waals surface area contributed by atoms with E-state index in [4.69, 9.17) is 5.26 Å². The first kappa shape index (κ1) is 16.1. The van der Waals surface area contributed by atoms with Crippen LogP contribution in [0.5, 0.6) is 0 Å². The summed E-state index contributed by atoms with van der Waals surface area (Å²) in [6, 6.07) is 6.18. The highest BCUT2D eigenvalue weighted by Gasteiger charge is 2.14. The Hall–Kier alpha value is -1.93. The van der Waals surface area contributed by atoms with Crippen LogP contribution in [-0.2, 0) is 11.3 Å². The Kier molecular flexibility index (Phi) is 7.30. The highest BCUT2D eigenvalue weighted by atomic mass is 16.2. The lowest BCUT2D eigenvalue weighted by atomic mass is 10.2. The number of aromatic nitrogens is 1. The summed E-state index contributed by atoms with van der Waals surface area (Å²) in [5.74, 6) is 0.0180. The number of nitrogens with one attached hydrogen (secondary N) is 1. The summed E-state index contributed by atoms with van der Waals surface area (Å²) in [6.07, 6.45) is 4.77. The van der Waals surface area contributed by atoms with Gasteiger partial charge in [-0.15, -0.1) is 0 Å². The van der Waals surface area contributed by atoms with Crippen LogP contribution in [0.3, 0.4) is 0 Å². The van der Waals surface area contributed by atoms with Crippen LogP contribution < -0.4 is 5.32 Å². The third kappa shape index (κ3) is 5.81. The van der Waals surface area contributed by atoms with Crippen LogP contribution in [0.15, 0.2) is 24.5 Å². The van der Waals surface area contributed by atoms with Crippen molar-refractivity contribution in [2.75, 3.05) is 13.1 Å². The summed E-state index contributed by atoms with van der Waals surface area (Å²) in [7, 11) is 0. The zero-order chi connectivity index (χ0) is 14.8. The Morgan fingerprint density at radius 2 is 2.40 bits per heavy atom. The molecular formula is C15H22N4O. The summed E-state index contributed by atoms with van der Waals surface area (Å²) < 4.78 is 0. The van der Waals surface area contributed by atoms with Gasteiger partial charge in [-0.25, -0.2) is 0 Å². The monoisotopic (exact) mass is 274 g/mol. The maximum absolute atomic E-state index is 12.2. The van der Waals surface area contributed by atoms with Crippen molar-refractivity contribution in [1.82, 2.24) is 15.2 Å². The molecule has 1 aromatic heterocycles. The quantitative estimate of drug-likeness (QED) is 0.783. The molecule has 5 heteroatoms. The van der Waals surface area contributed by atoms with Crippen molar-refractivity contribution >= 4 is 5.91 Å². The maximum atomic E-state index is 12.2. The van der Waals surface area contributed by atoms with Gasteiger partial charge in [0.2, 0.25) is 5.91 Å². The molecule has 0 saturated carbocycles. The van der Waals surface area contributed by atoms with Gasteiger partial charge in [0.15, 0.2) is 0 Å². The summed E-state index contributed by atoms with van der Waals surface area (Å²) >= 11 is 0. The van der Waals surface area contributed by atoms with Gasteiger partial charge in [0.25, 0.3) is 0 Å². The van der Waals surface area contributed by atoms with Gasteiger partial charge >= 0.3 is 0 Å². The summed E-state index contributed by atoms with van der Waals surface area (Å²) in [5.41, 5.74) is 0.974. The second-order valence-electron chi connectivity index (χ2n) is 4.77. The highest BCUT2D eigenvalue weighted by Crippen LogP contribution is 2.04. The molecule has 1 unspecified atom stereocenters. The van der Waals surface area contributed by atoms with Crippen molar-refractivity contribution in [3.05, 3.63) is 30.1 Å². The van der Waals surface area contributed by atoms with E-state index in [1.807, 2.05) is 19.1 Å². The van der Waals surface area contributed by atoms with E-state index in [9.17, 15) is 4.79 Å². The standard InChI is InChI=1S/C15H22N4O/c1-3-13(2)18-11-15(20)19(9-5-7-16)12-14-6-4-8-17-10-14/h4,6,8,10,13,18H,3,5,9,11-12H2,1-2H3. The minimum Gasteiger partial charge on any atom is -0.336 e. The molecule has 0 saturated heterocycles. The Bertz CT molecular complexity index is 441. The van der Waals surface area contributed by atoms with Crippen LogP contribution in [-0.4, -0.2) is 34.9 Å². The molecule has 0 aliphatic carbocycles. The maximum Gasteiger partial charge on any atom is 0.236 e. The lowest BCUT2D eigenvalue weighted by Crippen LogP contribution is -2.40. The van der Waals surface area contributed by atoms with Gasteiger partial charge in [0.1, 0.15) is 0 Å². The fourth-order valence-corrected chi connectivity index (χ4v) is 1.71. The van der Waals surface area contributed by atoms with Crippen LogP contribution in [0.1, 0.15) is 32.3 Å². The van der Waals surface area contributed by atoms with E-state index in [1.54, 1.807) is 17.3 Å². The number of hydrogen-bond donors (Lipinski definition) is 1. The number of rotatable bonds is 8. The van der Waals surface area contributed by atoms with Gasteiger partial charge in [-0.05, 0) is 25.0 Å². The minimum atomic E-state index is 0.0180. The van der Waals surface area contributed by atoms with Crippen molar-refractivity contribution in [3.63, 3.8) is 0 Å². The van der Waals surface area contributed by atoms with E-state index in [-0.39, 0.29) is 5.91 Å². The third-order valence-corrected chi connectivity index (χ3v) is 3.16. The predicted octanol–water partition coefficient (Wildman–Crippen LogP) is 1.71. The van der Waals surface area contributed by atoms with E-state index in [2.05, 4.69) is 23.3 Å². The first-order valence-corrected chi connectivity index (χ1v) is 6.94. The fraction of sp³-hybridized carbons (Fsp3) is 0.533. The lowest BCUT2D eigenvalue weighted by Gasteiger charge is -2.23. The first-order chi connectivity index (χ1) is 9.67. The highest BCUT2D eigenvalue weighted by molar-refractivity contribution is 5.78. The SMILES string of the molecule is CCC(C)NCC(=O)N(CCC#N)Cc1cccnc1. The average Bonchev–Trinajstić information content (AvgIpc) is 2.49. The smallest absolute Gasteiger partial charge is 0.236 e. The zero-order valence-electron chi connectivity index (χ0n) is 12.2. The fourth-order valence-electron chi connectivity index (χ4n) is 1.71. The molecule has 1 rings (SSSR count). The molecule has 1 amide bonds. The van der Waals surface area contributed by atoms with Crippen molar-refractivity contribution < 1.29 is 4.79 Å². The van der Waals surface area contributed by atoms with Crippen LogP contribution in [0.4, 0.5) is 0 Å². The van der Waals surface area contributed by atoms with Crippen LogP contribution in [0, 0.1) is 11.3 Å². The summed E-state index contributed by atoms with van der Waals surface area (Å²) in [4.78, 5) is 18.0. The van der Waals surface area contributed by atoms with Gasteiger partial charge in [0, 0.05) is 31.5 Å². The molecule has 0 fully saturated rings. The lowest BCUT2D eigenvalue weighted by molar-refractivity contribution is -0.130. The minimum absolute atomic E-state index is 0.0180. The second kappa shape index (κ2) is 9.05. The number of carbonyl (C=O) groups is 1. The van der Waals surface area contributed by atoms with Gasteiger partial charge in [-0.3, -0.25) is 9.78 Å². The van der Waals surface area contributed by atoms with E-state index >= 15 is 0 Å². The molecule has 20 heavy (non-hydrogen) atoms. The Morgan fingerprint density at radius 3 is 3.00 bits per heavy atom. The molecule has 0 spiro atoms. The van der Waals surface area contributed by atoms with Gasteiger partial charge < -0.3 is 10.2 Å². The molecule has 5 nitrogen and oxygen atoms in total. The number of nitrogens with zero attached hydrogens (tertiary/aromatic N) is 3. The normalized spacial score (nSPS) is 11.7. The van der Waals surface area contributed by atoms with Gasteiger partial charge in [-0.2, -0.15) is 5.26 Å². The molecule has 0 aromatic carbocycles. The van der Waals surface area contributed by atoms with Crippen molar-refractivity contribution in [1.29, 1.82) is 5.26 Å². The Morgan fingerprint density at radius 1 is 1.60 bits per heavy atom. The number of carbonyl (C=O) groups excluding carboxylic acids is 1. The third-order valence-electron chi connectivity index (χ3n) is 3.16. The molecular weight excluding hydrogens is 252 g/mol. The van der Waals surface area contributed by atoms with Crippen LogP contribution in [0.25, 0.3) is 0 Å². The molecule has 1 aromatic rings. The summed E-state index contributed by atoms with van der Waals surface area (Å²) in [5, 5.41) is 11.9. The molecule has 0 radical (unpaired) electrons. The van der Waals surface area contributed by atoms with Crippen LogP contribution >= 0.6 is 0 Å². The second-order valence-corrected chi connectivity index (χ2v) is 4.77. The molecule has 0 bridgehead atoms. The van der Waals surface area contributed by atoms with Gasteiger partial charge in [0.05, 0.1) is 19.0 Å². The number of hydrogen-bond acceptors (Lipinski definition) is 4. The molecule has 1 heterocycles. The topological polar surface area (TPSA) is 69.0 Å². The van der Waals surface area contributed by atoms with Crippen molar-refractivity contribution in [2.45, 2.75) is 39.3 Å². The molecule has 1 N–H and O–H groups in total. The number of pyridine rings is 1. The largest absolute Gasteiger partial charge is 0.336 e. The molecule has 0 aliphatic heterocycles. The molecule has 0 aliphatic rings. The molecule has 1 atom stereocenters.